The number of nitrogens with one attached hydrogen (secondary N) is 2. The third-order valence-corrected chi connectivity index (χ3v) is 4.15. The van der Waals surface area contributed by atoms with E-state index in [0.29, 0.717) is 23.9 Å². The number of rotatable bonds is 5. The van der Waals surface area contributed by atoms with Gasteiger partial charge in [-0.2, -0.15) is 0 Å². The third-order valence-electron chi connectivity index (χ3n) is 3.00. The first-order valence-electron chi connectivity index (χ1n) is 6.88. The number of amides is 2. The predicted octanol–water partition coefficient (Wildman–Crippen LogP) is 0.799. The molecule has 0 atom stereocenters. The molecule has 21 heavy (non-hydrogen) atoms. The highest BCUT2D eigenvalue weighted by molar-refractivity contribution is 7.14. The number of aliphatic hydroxyl groups excluding tert-OH is 1. The van der Waals surface area contributed by atoms with E-state index in [1.54, 1.807) is 6.07 Å². The number of hydrogen-bond donors (Lipinski definition) is 3. The number of carbonyl (C=O) groups excluding carboxylic acids is 2. The number of thiophene rings is 1. The van der Waals surface area contributed by atoms with E-state index in [9.17, 15) is 9.59 Å². The normalized spacial score (nSPS) is 13.2. The highest BCUT2D eigenvalue weighted by Gasteiger charge is 2.22. The van der Waals surface area contributed by atoms with Crippen molar-refractivity contribution in [1.82, 2.24) is 10.6 Å². The molecule has 2 rings (SSSR count). The van der Waals surface area contributed by atoms with Crippen molar-refractivity contribution < 1.29 is 14.7 Å². The molecule has 3 N–H and O–H groups in total. The Bertz CT molecular complexity index is 594. The van der Waals surface area contributed by atoms with E-state index < -0.39 is 0 Å². The number of hydrogen-bond acceptors (Lipinski definition) is 4. The Balaban J connectivity index is 1.81. The van der Waals surface area contributed by atoms with Crippen LogP contribution < -0.4 is 10.6 Å². The highest BCUT2D eigenvalue weighted by Crippen LogP contribution is 2.21. The molecular weight excluding hydrogens is 288 g/mol. The molecule has 2 amide bonds. The van der Waals surface area contributed by atoms with E-state index in [1.807, 2.05) is 6.92 Å². The quantitative estimate of drug-likeness (QED) is 0.704. The molecule has 0 aliphatic heterocycles. The van der Waals surface area contributed by atoms with Crippen LogP contribution in [0.5, 0.6) is 0 Å². The van der Waals surface area contributed by atoms with Crippen molar-refractivity contribution in [2.75, 3.05) is 13.2 Å². The molecule has 112 valence electrons. The first-order chi connectivity index (χ1) is 10.1. The Kier molecular flexibility index (Phi) is 5.37. The molecule has 1 heterocycles. The van der Waals surface area contributed by atoms with Crippen molar-refractivity contribution in [3.63, 3.8) is 0 Å². The first kappa shape index (κ1) is 15.5. The van der Waals surface area contributed by atoms with Crippen LogP contribution in [0, 0.1) is 18.8 Å². The van der Waals surface area contributed by atoms with Gasteiger partial charge in [-0.1, -0.05) is 11.8 Å². The van der Waals surface area contributed by atoms with Gasteiger partial charge in [-0.3, -0.25) is 9.59 Å². The van der Waals surface area contributed by atoms with Gasteiger partial charge in [0.05, 0.1) is 9.75 Å². The van der Waals surface area contributed by atoms with Gasteiger partial charge in [0, 0.05) is 19.0 Å². The number of carbonyl (C=O) groups is 2. The molecule has 1 aliphatic rings. The minimum absolute atomic E-state index is 0.0188. The lowest BCUT2D eigenvalue weighted by Gasteiger charge is -2.04. The molecule has 0 bridgehead atoms. The van der Waals surface area contributed by atoms with Crippen molar-refractivity contribution >= 4 is 23.2 Å². The number of aryl methyl sites for hydroxylation is 1. The molecule has 0 spiro atoms. The summed E-state index contributed by atoms with van der Waals surface area (Å²) in [6.45, 7) is 2.00. The lowest BCUT2D eigenvalue weighted by Crippen LogP contribution is -2.31. The van der Waals surface area contributed by atoms with Gasteiger partial charge in [0.1, 0.15) is 6.61 Å². The summed E-state index contributed by atoms with van der Waals surface area (Å²) in [4.78, 5) is 24.8. The zero-order valence-electron chi connectivity index (χ0n) is 11.9. The molecule has 1 aromatic rings. The molecule has 1 saturated carbocycles. The van der Waals surface area contributed by atoms with Crippen LogP contribution in [0.25, 0.3) is 0 Å². The van der Waals surface area contributed by atoms with Crippen molar-refractivity contribution in [2.45, 2.75) is 32.2 Å². The summed E-state index contributed by atoms with van der Waals surface area (Å²) in [5.41, 5.74) is 0.914. The average Bonchev–Trinajstić information content (AvgIpc) is 3.17. The Morgan fingerprint density at radius 1 is 1.48 bits per heavy atom. The summed E-state index contributed by atoms with van der Waals surface area (Å²) < 4.78 is 0. The standard InChI is InChI=1S/C15H18N2O3S/c1-10-9-13(21-12(10)3-2-8-18)15(20)16-7-6-14(19)17-11-4-5-11/h9,11,18H,4-8H2,1H3,(H,16,20)(H,17,19). The monoisotopic (exact) mass is 306 g/mol. The fourth-order valence-electron chi connectivity index (χ4n) is 1.74. The van der Waals surface area contributed by atoms with Crippen LogP contribution in [0.1, 0.15) is 39.4 Å². The second kappa shape index (κ2) is 7.25. The van der Waals surface area contributed by atoms with Crippen molar-refractivity contribution in [3.05, 3.63) is 21.4 Å². The summed E-state index contributed by atoms with van der Waals surface area (Å²) in [6.07, 6.45) is 2.41. The molecule has 1 aromatic heterocycles. The van der Waals surface area contributed by atoms with Crippen LogP contribution in [0.2, 0.25) is 0 Å². The van der Waals surface area contributed by atoms with Crippen LogP contribution in [0.3, 0.4) is 0 Å². The second-order valence-corrected chi connectivity index (χ2v) is 5.98. The second-order valence-electron chi connectivity index (χ2n) is 4.93. The van der Waals surface area contributed by atoms with Gasteiger partial charge in [-0.25, -0.2) is 0 Å². The molecule has 6 heteroatoms. The predicted molar refractivity (Wildman–Crippen MR) is 81.1 cm³/mol. The molecule has 0 aromatic carbocycles. The Morgan fingerprint density at radius 3 is 2.90 bits per heavy atom. The van der Waals surface area contributed by atoms with Gasteiger partial charge in [-0.15, -0.1) is 11.3 Å². The van der Waals surface area contributed by atoms with Crippen LogP contribution >= 0.6 is 11.3 Å². The van der Waals surface area contributed by atoms with Crippen LogP contribution in [-0.4, -0.2) is 36.1 Å². The summed E-state index contributed by atoms with van der Waals surface area (Å²) in [6, 6.07) is 2.12. The Hall–Kier alpha value is -1.84. The zero-order chi connectivity index (χ0) is 15.2. The fourth-order valence-corrected chi connectivity index (χ4v) is 2.71. The summed E-state index contributed by atoms with van der Waals surface area (Å²) in [5, 5.41) is 14.3. The fraction of sp³-hybridized carbons (Fsp3) is 0.467. The minimum atomic E-state index is -0.199. The summed E-state index contributed by atoms with van der Waals surface area (Å²) in [5.74, 6) is 5.17. The maximum atomic E-state index is 12.0. The highest BCUT2D eigenvalue weighted by atomic mass is 32.1. The maximum absolute atomic E-state index is 12.0. The topological polar surface area (TPSA) is 78.4 Å². The van der Waals surface area contributed by atoms with Gasteiger partial charge in [0.25, 0.3) is 5.91 Å². The van der Waals surface area contributed by atoms with E-state index in [4.69, 9.17) is 5.11 Å². The number of aliphatic hydroxyl groups is 1. The first-order valence-corrected chi connectivity index (χ1v) is 7.69. The largest absolute Gasteiger partial charge is 0.384 e. The lowest BCUT2D eigenvalue weighted by molar-refractivity contribution is -0.121. The van der Waals surface area contributed by atoms with E-state index in [-0.39, 0.29) is 18.4 Å². The van der Waals surface area contributed by atoms with Gasteiger partial charge in [0.15, 0.2) is 0 Å². The van der Waals surface area contributed by atoms with Gasteiger partial charge in [0.2, 0.25) is 5.91 Å². The zero-order valence-corrected chi connectivity index (χ0v) is 12.7. The molecule has 1 fully saturated rings. The van der Waals surface area contributed by atoms with Gasteiger partial charge >= 0.3 is 0 Å². The minimum Gasteiger partial charge on any atom is -0.384 e. The van der Waals surface area contributed by atoms with E-state index in [1.165, 1.54) is 11.3 Å². The smallest absolute Gasteiger partial charge is 0.261 e. The average molecular weight is 306 g/mol. The van der Waals surface area contributed by atoms with Crippen molar-refractivity contribution in [3.8, 4) is 11.8 Å². The molecule has 0 saturated heterocycles. The van der Waals surface area contributed by atoms with Crippen molar-refractivity contribution in [1.29, 1.82) is 0 Å². The molecule has 0 radical (unpaired) electrons. The Labute approximate surface area is 127 Å². The summed E-state index contributed by atoms with van der Waals surface area (Å²) in [7, 11) is 0. The molecule has 0 unspecified atom stereocenters. The third kappa shape index (κ3) is 4.88. The van der Waals surface area contributed by atoms with Crippen LogP contribution in [-0.2, 0) is 4.79 Å². The van der Waals surface area contributed by atoms with Crippen LogP contribution in [0.15, 0.2) is 6.07 Å². The van der Waals surface area contributed by atoms with Crippen molar-refractivity contribution in [2.24, 2.45) is 0 Å². The van der Waals surface area contributed by atoms with E-state index in [2.05, 4.69) is 22.5 Å². The van der Waals surface area contributed by atoms with Crippen LogP contribution in [0.4, 0.5) is 0 Å². The SMILES string of the molecule is Cc1cc(C(=O)NCCC(=O)NC2CC2)sc1C#CCO. The molecular formula is C15H18N2O3S. The van der Waals surface area contributed by atoms with E-state index >= 15 is 0 Å². The molecule has 5 nitrogen and oxygen atoms in total. The summed E-state index contributed by atoms with van der Waals surface area (Å²) >= 11 is 1.29. The van der Waals surface area contributed by atoms with Gasteiger partial charge in [-0.05, 0) is 31.4 Å². The maximum Gasteiger partial charge on any atom is 0.261 e. The molecule has 1 aliphatic carbocycles. The van der Waals surface area contributed by atoms with E-state index in [0.717, 1.165) is 23.3 Å². The van der Waals surface area contributed by atoms with Gasteiger partial charge < -0.3 is 15.7 Å². The lowest BCUT2D eigenvalue weighted by atomic mass is 10.2. The Morgan fingerprint density at radius 2 is 2.24 bits per heavy atom.